The maximum atomic E-state index is 13.3. The first kappa shape index (κ1) is 10.3. The smallest absolute Gasteiger partial charge is 0.168 e. The molecule has 1 aromatic carbocycles. The summed E-state index contributed by atoms with van der Waals surface area (Å²) in [5, 5.41) is 9.05. The molecule has 0 bridgehead atoms. The standard InChI is InChI=1S/C12H15FO2/c13-11-8-9(14)6-7-12(11)15-10-4-2-1-3-5-10/h6-8,10,14H,1-5H2. The zero-order valence-electron chi connectivity index (χ0n) is 8.58. The van der Waals surface area contributed by atoms with Crippen LogP contribution in [0.2, 0.25) is 0 Å². The van der Waals surface area contributed by atoms with Crippen LogP contribution >= 0.6 is 0 Å². The number of benzene rings is 1. The molecular weight excluding hydrogens is 195 g/mol. The molecule has 0 amide bonds. The fourth-order valence-electron chi connectivity index (χ4n) is 1.95. The molecule has 1 saturated carbocycles. The topological polar surface area (TPSA) is 29.5 Å². The molecule has 1 N–H and O–H groups in total. The van der Waals surface area contributed by atoms with Gasteiger partial charge in [-0.25, -0.2) is 4.39 Å². The van der Waals surface area contributed by atoms with Crippen molar-refractivity contribution in [2.75, 3.05) is 0 Å². The summed E-state index contributed by atoms with van der Waals surface area (Å²) < 4.78 is 18.9. The van der Waals surface area contributed by atoms with Crippen LogP contribution in [0.5, 0.6) is 11.5 Å². The third-order valence-corrected chi connectivity index (χ3v) is 2.76. The first-order valence-electron chi connectivity index (χ1n) is 5.41. The van der Waals surface area contributed by atoms with Crippen LogP contribution in [-0.4, -0.2) is 11.2 Å². The summed E-state index contributed by atoms with van der Waals surface area (Å²) in [6, 6.07) is 4.01. The molecule has 2 nitrogen and oxygen atoms in total. The molecule has 1 aliphatic rings. The van der Waals surface area contributed by atoms with Gasteiger partial charge in [0, 0.05) is 6.07 Å². The number of rotatable bonds is 2. The Balaban J connectivity index is 2.03. The number of ether oxygens (including phenoxy) is 1. The van der Waals surface area contributed by atoms with Gasteiger partial charge in [0.1, 0.15) is 5.75 Å². The van der Waals surface area contributed by atoms with Crippen LogP contribution in [0.1, 0.15) is 32.1 Å². The highest BCUT2D eigenvalue weighted by atomic mass is 19.1. The summed E-state index contributed by atoms with van der Waals surface area (Å²) in [5.41, 5.74) is 0. The second-order valence-corrected chi connectivity index (χ2v) is 3.99. The Morgan fingerprint density at radius 2 is 1.93 bits per heavy atom. The van der Waals surface area contributed by atoms with Crippen LogP contribution in [0.15, 0.2) is 18.2 Å². The second kappa shape index (κ2) is 4.51. The number of hydrogen-bond donors (Lipinski definition) is 1. The molecule has 0 aromatic heterocycles. The molecule has 2 rings (SSSR count). The average molecular weight is 210 g/mol. The van der Waals surface area contributed by atoms with E-state index in [1.807, 2.05) is 0 Å². The molecule has 1 aromatic rings. The van der Waals surface area contributed by atoms with E-state index in [9.17, 15) is 4.39 Å². The predicted octanol–water partition coefficient (Wildman–Crippen LogP) is 3.24. The lowest BCUT2D eigenvalue weighted by Gasteiger charge is -2.23. The van der Waals surface area contributed by atoms with Gasteiger partial charge in [-0.1, -0.05) is 6.42 Å². The molecule has 0 atom stereocenters. The van der Waals surface area contributed by atoms with Gasteiger partial charge < -0.3 is 9.84 Å². The van der Waals surface area contributed by atoms with Gasteiger partial charge in [-0.2, -0.15) is 0 Å². The number of phenols is 1. The van der Waals surface area contributed by atoms with Gasteiger partial charge in [-0.05, 0) is 37.8 Å². The summed E-state index contributed by atoms with van der Waals surface area (Å²) in [6.07, 6.45) is 5.70. The highest BCUT2D eigenvalue weighted by Crippen LogP contribution is 2.27. The lowest BCUT2D eigenvalue weighted by atomic mass is 9.98. The Labute approximate surface area is 88.7 Å². The van der Waals surface area contributed by atoms with Crippen molar-refractivity contribution in [3.05, 3.63) is 24.0 Å². The van der Waals surface area contributed by atoms with Gasteiger partial charge in [0.05, 0.1) is 6.10 Å². The number of phenolic OH excluding ortho intramolecular Hbond substituents is 1. The van der Waals surface area contributed by atoms with Gasteiger partial charge >= 0.3 is 0 Å². The minimum Gasteiger partial charge on any atom is -0.508 e. The van der Waals surface area contributed by atoms with Crippen molar-refractivity contribution in [1.29, 1.82) is 0 Å². The summed E-state index contributed by atoms with van der Waals surface area (Å²) >= 11 is 0. The van der Waals surface area contributed by atoms with E-state index in [2.05, 4.69) is 0 Å². The minimum absolute atomic E-state index is 0.0662. The van der Waals surface area contributed by atoms with Crippen LogP contribution in [0.3, 0.4) is 0 Å². The van der Waals surface area contributed by atoms with E-state index in [4.69, 9.17) is 9.84 Å². The van der Waals surface area contributed by atoms with E-state index in [0.29, 0.717) is 0 Å². The summed E-state index contributed by atoms with van der Waals surface area (Å²) in [6.45, 7) is 0. The Morgan fingerprint density at radius 1 is 1.20 bits per heavy atom. The molecule has 3 heteroatoms. The summed E-state index contributed by atoms with van der Waals surface area (Å²) in [5.74, 6) is -0.302. The molecule has 1 fully saturated rings. The molecule has 1 aliphatic carbocycles. The highest BCUT2D eigenvalue weighted by Gasteiger charge is 2.16. The zero-order valence-corrected chi connectivity index (χ0v) is 8.58. The van der Waals surface area contributed by atoms with Gasteiger partial charge in [0.25, 0.3) is 0 Å². The predicted molar refractivity (Wildman–Crippen MR) is 55.6 cm³/mol. The van der Waals surface area contributed by atoms with E-state index < -0.39 is 5.82 Å². The normalized spacial score (nSPS) is 17.7. The summed E-state index contributed by atoms with van der Waals surface area (Å²) in [4.78, 5) is 0. The molecule has 15 heavy (non-hydrogen) atoms. The average Bonchev–Trinajstić information content (AvgIpc) is 2.24. The lowest BCUT2D eigenvalue weighted by molar-refractivity contribution is 0.148. The maximum Gasteiger partial charge on any atom is 0.168 e. The van der Waals surface area contributed by atoms with E-state index in [0.717, 1.165) is 31.7 Å². The lowest BCUT2D eigenvalue weighted by Crippen LogP contribution is -2.20. The number of hydrogen-bond acceptors (Lipinski definition) is 2. The number of halogens is 1. The van der Waals surface area contributed by atoms with Crippen molar-refractivity contribution in [1.82, 2.24) is 0 Å². The van der Waals surface area contributed by atoms with Crippen LogP contribution < -0.4 is 4.74 Å². The highest BCUT2D eigenvalue weighted by molar-refractivity contribution is 5.32. The second-order valence-electron chi connectivity index (χ2n) is 3.99. The zero-order chi connectivity index (χ0) is 10.7. The fourth-order valence-corrected chi connectivity index (χ4v) is 1.95. The first-order valence-corrected chi connectivity index (χ1v) is 5.41. The van der Waals surface area contributed by atoms with Crippen molar-refractivity contribution in [3.8, 4) is 11.5 Å². The third-order valence-electron chi connectivity index (χ3n) is 2.76. The molecule has 0 aliphatic heterocycles. The number of aromatic hydroxyl groups is 1. The van der Waals surface area contributed by atoms with E-state index in [-0.39, 0.29) is 17.6 Å². The quantitative estimate of drug-likeness (QED) is 0.812. The molecule has 0 heterocycles. The van der Waals surface area contributed by atoms with E-state index >= 15 is 0 Å². The maximum absolute atomic E-state index is 13.3. The molecule has 0 spiro atoms. The Hall–Kier alpha value is -1.25. The van der Waals surface area contributed by atoms with Crippen LogP contribution in [-0.2, 0) is 0 Å². The Bertz CT molecular complexity index is 332. The van der Waals surface area contributed by atoms with Crippen LogP contribution in [0.25, 0.3) is 0 Å². The van der Waals surface area contributed by atoms with Gasteiger partial charge in [0.2, 0.25) is 0 Å². The largest absolute Gasteiger partial charge is 0.508 e. The molecule has 0 radical (unpaired) electrons. The van der Waals surface area contributed by atoms with Crippen molar-refractivity contribution in [2.24, 2.45) is 0 Å². The van der Waals surface area contributed by atoms with Gasteiger partial charge in [-0.3, -0.25) is 0 Å². The molecule has 0 saturated heterocycles. The molecular formula is C12H15FO2. The third kappa shape index (κ3) is 2.61. The minimum atomic E-state index is -0.486. The van der Waals surface area contributed by atoms with Crippen molar-refractivity contribution < 1.29 is 14.2 Å². The first-order chi connectivity index (χ1) is 7.25. The summed E-state index contributed by atoms with van der Waals surface area (Å²) in [7, 11) is 0. The van der Waals surface area contributed by atoms with Gasteiger partial charge in [0.15, 0.2) is 11.6 Å². The van der Waals surface area contributed by atoms with E-state index in [1.54, 1.807) is 0 Å². The van der Waals surface area contributed by atoms with Crippen molar-refractivity contribution in [2.45, 2.75) is 38.2 Å². The van der Waals surface area contributed by atoms with Crippen LogP contribution in [0.4, 0.5) is 4.39 Å². The van der Waals surface area contributed by atoms with E-state index in [1.165, 1.54) is 18.6 Å². The van der Waals surface area contributed by atoms with Crippen molar-refractivity contribution >= 4 is 0 Å². The SMILES string of the molecule is Oc1ccc(OC2CCCCC2)c(F)c1. The van der Waals surface area contributed by atoms with Gasteiger partial charge in [-0.15, -0.1) is 0 Å². The molecule has 0 unspecified atom stereocenters. The monoisotopic (exact) mass is 210 g/mol. The van der Waals surface area contributed by atoms with Crippen molar-refractivity contribution in [3.63, 3.8) is 0 Å². The Kier molecular flexibility index (Phi) is 3.09. The molecule has 82 valence electrons. The Morgan fingerprint density at radius 3 is 2.60 bits per heavy atom. The fraction of sp³-hybridized carbons (Fsp3) is 0.500. The van der Waals surface area contributed by atoms with Crippen LogP contribution in [0, 0.1) is 5.82 Å².